The number of benzene rings is 2. The second-order valence-corrected chi connectivity index (χ2v) is 4.96. The highest BCUT2D eigenvalue weighted by atomic mass is 35.5. The Kier molecular flexibility index (Phi) is 3.26. The van der Waals surface area contributed by atoms with E-state index in [-0.39, 0.29) is 0 Å². The molecule has 0 spiro atoms. The fraction of sp³-hybridized carbons (Fsp3) is 0.188. The minimum Gasteiger partial charge on any atom is -0.296 e. The maximum atomic E-state index is 5.91. The number of hydrogen-bond donors (Lipinski definition) is 0. The van der Waals surface area contributed by atoms with Crippen molar-refractivity contribution in [1.82, 2.24) is 9.55 Å². The van der Waals surface area contributed by atoms with Crippen LogP contribution in [0.3, 0.4) is 0 Å². The van der Waals surface area contributed by atoms with E-state index in [4.69, 9.17) is 16.6 Å². The number of imidazole rings is 1. The van der Waals surface area contributed by atoms with Crippen LogP contribution in [0.1, 0.15) is 11.4 Å². The molecule has 3 aromatic rings. The Labute approximate surface area is 117 Å². The third-order valence-corrected chi connectivity index (χ3v) is 3.49. The van der Waals surface area contributed by atoms with Crippen LogP contribution in [0.2, 0.25) is 0 Å². The van der Waals surface area contributed by atoms with Gasteiger partial charge in [-0.15, -0.1) is 11.6 Å². The average molecular weight is 271 g/mol. The Morgan fingerprint density at radius 3 is 2.58 bits per heavy atom. The van der Waals surface area contributed by atoms with Crippen LogP contribution in [-0.2, 0) is 6.42 Å². The molecule has 0 radical (unpaired) electrons. The molecule has 0 fully saturated rings. The van der Waals surface area contributed by atoms with Crippen LogP contribution in [0.15, 0.2) is 48.5 Å². The summed E-state index contributed by atoms with van der Waals surface area (Å²) in [6.45, 7) is 2.12. The molecule has 0 aliphatic carbocycles. The van der Waals surface area contributed by atoms with E-state index in [0.29, 0.717) is 5.88 Å². The van der Waals surface area contributed by atoms with Gasteiger partial charge in [-0.05, 0) is 30.7 Å². The number of rotatable bonds is 3. The van der Waals surface area contributed by atoms with Crippen LogP contribution in [0.5, 0.6) is 0 Å². The molecular weight excluding hydrogens is 256 g/mol. The van der Waals surface area contributed by atoms with Crippen LogP contribution in [0.4, 0.5) is 0 Å². The minimum absolute atomic E-state index is 0.579. The summed E-state index contributed by atoms with van der Waals surface area (Å²) in [6, 6.07) is 16.6. The summed E-state index contributed by atoms with van der Waals surface area (Å²) < 4.78 is 2.22. The van der Waals surface area contributed by atoms with E-state index >= 15 is 0 Å². The van der Waals surface area contributed by atoms with Crippen LogP contribution in [0.25, 0.3) is 16.7 Å². The molecule has 19 heavy (non-hydrogen) atoms. The summed E-state index contributed by atoms with van der Waals surface area (Å²) in [5.41, 5.74) is 4.57. The Balaban J connectivity index is 2.31. The van der Waals surface area contributed by atoms with Crippen molar-refractivity contribution < 1.29 is 0 Å². The van der Waals surface area contributed by atoms with Gasteiger partial charge >= 0.3 is 0 Å². The van der Waals surface area contributed by atoms with E-state index in [1.807, 2.05) is 18.2 Å². The Morgan fingerprint density at radius 1 is 1.05 bits per heavy atom. The van der Waals surface area contributed by atoms with Gasteiger partial charge in [-0.3, -0.25) is 4.57 Å². The minimum atomic E-state index is 0.579. The van der Waals surface area contributed by atoms with Crippen LogP contribution < -0.4 is 0 Å². The van der Waals surface area contributed by atoms with E-state index in [0.717, 1.165) is 23.3 Å². The first kappa shape index (κ1) is 12.2. The van der Waals surface area contributed by atoms with Crippen molar-refractivity contribution in [2.75, 3.05) is 5.88 Å². The normalized spacial score (nSPS) is 11.1. The zero-order valence-corrected chi connectivity index (χ0v) is 11.6. The van der Waals surface area contributed by atoms with E-state index in [2.05, 4.69) is 41.8 Å². The van der Waals surface area contributed by atoms with Crippen molar-refractivity contribution in [3.05, 3.63) is 59.9 Å². The summed E-state index contributed by atoms with van der Waals surface area (Å²) in [7, 11) is 0. The molecule has 96 valence electrons. The lowest BCUT2D eigenvalue weighted by molar-refractivity contribution is 0.907. The van der Waals surface area contributed by atoms with E-state index < -0.39 is 0 Å². The number of aromatic nitrogens is 2. The van der Waals surface area contributed by atoms with Gasteiger partial charge in [0, 0.05) is 12.3 Å². The predicted octanol–water partition coefficient (Wildman–Crippen LogP) is 4.12. The second kappa shape index (κ2) is 5.06. The van der Waals surface area contributed by atoms with Gasteiger partial charge in [-0.1, -0.05) is 30.3 Å². The van der Waals surface area contributed by atoms with Gasteiger partial charge in [0.1, 0.15) is 5.82 Å². The van der Waals surface area contributed by atoms with Gasteiger partial charge in [0.25, 0.3) is 0 Å². The van der Waals surface area contributed by atoms with Gasteiger partial charge in [-0.2, -0.15) is 0 Å². The van der Waals surface area contributed by atoms with E-state index in [1.54, 1.807) is 0 Å². The highest BCUT2D eigenvalue weighted by molar-refractivity contribution is 6.17. The van der Waals surface area contributed by atoms with Gasteiger partial charge < -0.3 is 0 Å². The number of fused-ring (bicyclic) bond motifs is 1. The number of para-hydroxylation sites is 3. The largest absolute Gasteiger partial charge is 0.296 e. The Morgan fingerprint density at radius 2 is 1.79 bits per heavy atom. The third-order valence-electron chi connectivity index (χ3n) is 3.30. The zero-order valence-electron chi connectivity index (χ0n) is 10.8. The lowest BCUT2D eigenvalue weighted by Gasteiger charge is -2.11. The molecule has 0 aliphatic rings. The molecule has 1 aromatic heterocycles. The van der Waals surface area contributed by atoms with Gasteiger partial charge in [0.2, 0.25) is 0 Å². The number of hydrogen-bond acceptors (Lipinski definition) is 1. The monoisotopic (exact) mass is 270 g/mol. The van der Waals surface area contributed by atoms with E-state index in [9.17, 15) is 0 Å². The first-order chi connectivity index (χ1) is 9.31. The van der Waals surface area contributed by atoms with Crippen molar-refractivity contribution in [3.63, 3.8) is 0 Å². The van der Waals surface area contributed by atoms with Gasteiger partial charge in [-0.25, -0.2) is 4.98 Å². The van der Waals surface area contributed by atoms with Gasteiger partial charge in [0.05, 0.1) is 16.7 Å². The lowest BCUT2D eigenvalue weighted by atomic mass is 10.2. The number of aryl methyl sites for hydroxylation is 2. The molecular formula is C16H15ClN2. The lowest BCUT2D eigenvalue weighted by Crippen LogP contribution is -2.03. The van der Waals surface area contributed by atoms with Gasteiger partial charge in [0.15, 0.2) is 0 Å². The molecule has 2 nitrogen and oxygen atoms in total. The molecule has 0 saturated heterocycles. The maximum Gasteiger partial charge on any atom is 0.115 e. The molecule has 0 amide bonds. The summed E-state index contributed by atoms with van der Waals surface area (Å²) in [6.07, 6.45) is 0.768. The number of nitrogens with zero attached hydrogens (tertiary/aromatic N) is 2. The Bertz CT molecular complexity index is 716. The molecule has 2 aromatic carbocycles. The smallest absolute Gasteiger partial charge is 0.115 e. The highest BCUT2D eigenvalue weighted by Gasteiger charge is 2.12. The molecule has 0 bridgehead atoms. The number of halogens is 1. The van der Waals surface area contributed by atoms with Crippen molar-refractivity contribution >= 4 is 22.6 Å². The van der Waals surface area contributed by atoms with Crippen LogP contribution >= 0.6 is 11.6 Å². The van der Waals surface area contributed by atoms with Crippen molar-refractivity contribution in [2.45, 2.75) is 13.3 Å². The number of alkyl halides is 1. The van der Waals surface area contributed by atoms with Crippen molar-refractivity contribution in [3.8, 4) is 5.69 Å². The quantitative estimate of drug-likeness (QED) is 0.655. The third kappa shape index (κ3) is 2.13. The highest BCUT2D eigenvalue weighted by Crippen LogP contribution is 2.24. The Hall–Kier alpha value is -1.80. The average Bonchev–Trinajstić information content (AvgIpc) is 2.78. The van der Waals surface area contributed by atoms with E-state index in [1.165, 1.54) is 11.3 Å². The molecule has 0 saturated carbocycles. The summed E-state index contributed by atoms with van der Waals surface area (Å²) >= 11 is 5.91. The van der Waals surface area contributed by atoms with Crippen LogP contribution in [-0.4, -0.2) is 15.4 Å². The molecule has 0 atom stereocenters. The van der Waals surface area contributed by atoms with Crippen LogP contribution in [0, 0.1) is 6.92 Å². The fourth-order valence-corrected chi connectivity index (χ4v) is 2.58. The zero-order chi connectivity index (χ0) is 13.2. The second-order valence-electron chi connectivity index (χ2n) is 4.58. The molecule has 0 N–H and O–H groups in total. The standard InChI is InChI=1S/C16H15ClN2/c1-12-6-2-4-8-14(12)19-15-9-5-3-7-13(15)18-16(19)10-11-17/h2-9H,10-11H2,1H3. The van der Waals surface area contributed by atoms with Crippen molar-refractivity contribution in [2.24, 2.45) is 0 Å². The topological polar surface area (TPSA) is 17.8 Å². The summed E-state index contributed by atoms with van der Waals surface area (Å²) in [5, 5.41) is 0. The summed E-state index contributed by atoms with van der Waals surface area (Å²) in [5.74, 6) is 1.60. The SMILES string of the molecule is Cc1ccccc1-n1c(CCCl)nc2ccccc21. The molecule has 3 rings (SSSR count). The predicted molar refractivity (Wildman–Crippen MR) is 80.2 cm³/mol. The maximum absolute atomic E-state index is 5.91. The fourth-order valence-electron chi connectivity index (χ4n) is 2.41. The molecule has 3 heteroatoms. The summed E-state index contributed by atoms with van der Waals surface area (Å²) in [4.78, 5) is 4.70. The first-order valence-corrected chi connectivity index (χ1v) is 6.93. The molecule has 1 heterocycles. The van der Waals surface area contributed by atoms with Crippen molar-refractivity contribution in [1.29, 1.82) is 0 Å². The molecule has 0 aliphatic heterocycles. The first-order valence-electron chi connectivity index (χ1n) is 6.39. The molecule has 0 unspecified atom stereocenters.